The third-order valence-corrected chi connectivity index (χ3v) is 4.08. The number of nitrogens with zero attached hydrogens (tertiary/aromatic N) is 3. The van der Waals surface area contributed by atoms with Crippen LogP contribution in [-0.2, 0) is 0 Å². The summed E-state index contributed by atoms with van der Waals surface area (Å²) in [5.74, 6) is 0. The van der Waals surface area contributed by atoms with Gasteiger partial charge in [-0.3, -0.25) is 0 Å². The van der Waals surface area contributed by atoms with E-state index in [4.69, 9.17) is 5.73 Å². The first-order valence-electron chi connectivity index (χ1n) is 5.95. The fraction of sp³-hybridized carbons (Fsp3) is 0.143. The molecule has 0 amide bonds. The molecule has 3 aromatic rings. The lowest BCUT2D eigenvalue weighted by Crippen LogP contribution is -1.99. The van der Waals surface area contributed by atoms with E-state index in [1.54, 1.807) is 4.80 Å². The van der Waals surface area contributed by atoms with Crippen molar-refractivity contribution in [3.8, 4) is 5.69 Å². The molecule has 96 valence electrons. The largest absolute Gasteiger partial charge is 0.398 e. The van der Waals surface area contributed by atoms with Crippen molar-refractivity contribution >= 4 is 32.7 Å². The summed E-state index contributed by atoms with van der Waals surface area (Å²) >= 11 is 3.45. The molecule has 0 aliphatic rings. The Hall–Kier alpha value is -1.88. The summed E-state index contributed by atoms with van der Waals surface area (Å²) in [7, 11) is 0. The molecular weight excluding hydrogens is 304 g/mol. The van der Waals surface area contributed by atoms with E-state index in [0.29, 0.717) is 5.69 Å². The molecule has 2 N–H and O–H groups in total. The number of nitrogen functional groups attached to an aromatic ring is 1. The normalized spacial score (nSPS) is 11.1. The molecule has 0 saturated heterocycles. The molecule has 0 radical (unpaired) electrons. The minimum absolute atomic E-state index is 0.666. The van der Waals surface area contributed by atoms with Crippen LogP contribution in [0.15, 0.2) is 34.8 Å². The molecule has 0 spiro atoms. The summed E-state index contributed by atoms with van der Waals surface area (Å²) in [6.45, 7) is 4.17. The second kappa shape index (κ2) is 4.35. The molecule has 1 heterocycles. The van der Waals surface area contributed by atoms with Gasteiger partial charge < -0.3 is 5.73 Å². The van der Waals surface area contributed by atoms with Gasteiger partial charge in [-0.25, -0.2) is 0 Å². The standard InChI is InChI=1S/C14H13BrN4/c1-8-3-4-10(7-9(8)2)19-17-12-6-5-11(16)13(15)14(12)18-19/h3-7H,16H2,1-2H3. The van der Waals surface area contributed by atoms with Crippen molar-refractivity contribution in [3.05, 3.63) is 45.9 Å². The van der Waals surface area contributed by atoms with E-state index in [0.717, 1.165) is 21.2 Å². The molecule has 1 aromatic heterocycles. The molecular formula is C14H13BrN4. The van der Waals surface area contributed by atoms with Gasteiger partial charge in [-0.15, -0.1) is 10.2 Å². The number of hydrogen-bond acceptors (Lipinski definition) is 3. The molecule has 0 atom stereocenters. The first-order chi connectivity index (χ1) is 9.06. The van der Waals surface area contributed by atoms with Crippen LogP contribution < -0.4 is 5.73 Å². The van der Waals surface area contributed by atoms with Gasteiger partial charge in [0.15, 0.2) is 0 Å². The second-order valence-electron chi connectivity index (χ2n) is 4.59. The Kier molecular flexibility index (Phi) is 2.78. The Labute approximate surface area is 119 Å². The third kappa shape index (κ3) is 2.00. The summed E-state index contributed by atoms with van der Waals surface area (Å²) in [4.78, 5) is 1.64. The van der Waals surface area contributed by atoms with Crippen LogP contribution in [0.2, 0.25) is 0 Å². The molecule has 4 nitrogen and oxygen atoms in total. The van der Waals surface area contributed by atoms with Crippen molar-refractivity contribution in [2.45, 2.75) is 13.8 Å². The van der Waals surface area contributed by atoms with Gasteiger partial charge >= 0.3 is 0 Å². The van der Waals surface area contributed by atoms with E-state index >= 15 is 0 Å². The first kappa shape index (κ1) is 12.2. The Bertz CT molecular complexity index is 776. The monoisotopic (exact) mass is 316 g/mol. The van der Waals surface area contributed by atoms with Gasteiger partial charge in [0.2, 0.25) is 0 Å². The van der Waals surface area contributed by atoms with Crippen LogP contribution in [-0.4, -0.2) is 15.0 Å². The van der Waals surface area contributed by atoms with Gasteiger partial charge in [0.25, 0.3) is 0 Å². The van der Waals surface area contributed by atoms with Crippen molar-refractivity contribution in [2.75, 3.05) is 5.73 Å². The summed E-state index contributed by atoms with van der Waals surface area (Å²) < 4.78 is 0.792. The number of aromatic nitrogens is 3. The zero-order valence-corrected chi connectivity index (χ0v) is 12.3. The van der Waals surface area contributed by atoms with Crippen molar-refractivity contribution in [1.29, 1.82) is 0 Å². The maximum absolute atomic E-state index is 5.85. The number of benzene rings is 2. The predicted octanol–water partition coefficient (Wildman–Crippen LogP) is 3.38. The van der Waals surface area contributed by atoms with Crippen molar-refractivity contribution in [2.24, 2.45) is 0 Å². The third-order valence-electron chi connectivity index (χ3n) is 3.24. The summed E-state index contributed by atoms with van der Waals surface area (Å²) in [6.07, 6.45) is 0. The van der Waals surface area contributed by atoms with Crippen LogP contribution in [0.25, 0.3) is 16.7 Å². The molecule has 2 aromatic carbocycles. The molecule has 0 saturated carbocycles. The lowest BCUT2D eigenvalue weighted by molar-refractivity contribution is 0.764. The maximum Gasteiger partial charge on any atom is 0.129 e. The molecule has 0 aliphatic heterocycles. The molecule has 3 rings (SSSR count). The van der Waals surface area contributed by atoms with Crippen LogP contribution >= 0.6 is 15.9 Å². The van der Waals surface area contributed by atoms with Crippen LogP contribution in [0, 0.1) is 13.8 Å². The predicted molar refractivity (Wildman–Crippen MR) is 80.5 cm³/mol. The Morgan fingerprint density at radius 3 is 2.58 bits per heavy atom. The zero-order valence-electron chi connectivity index (χ0n) is 10.7. The number of fused-ring (bicyclic) bond motifs is 1. The van der Waals surface area contributed by atoms with E-state index in [9.17, 15) is 0 Å². The minimum Gasteiger partial charge on any atom is -0.398 e. The van der Waals surface area contributed by atoms with Crippen molar-refractivity contribution in [3.63, 3.8) is 0 Å². The van der Waals surface area contributed by atoms with Gasteiger partial charge in [-0.2, -0.15) is 4.80 Å². The smallest absolute Gasteiger partial charge is 0.129 e. The SMILES string of the molecule is Cc1ccc(-n2nc3ccc(N)c(Br)c3n2)cc1C. The number of nitrogens with two attached hydrogens (primary N) is 1. The van der Waals surface area contributed by atoms with Crippen LogP contribution in [0.1, 0.15) is 11.1 Å². The first-order valence-corrected chi connectivity index (χ1v) is 6.74. The highest BCUT2D eigenvalue weighted by molar-refractivity contribution is 9.10. The summed E-state index contributed by atoms with van der Waals surface area (Å²) in [5, 5.41) is 8.97. The van der Waals surface area contributed by atoms with Crippen molar-refractivity contribution in [1.82, 2.24) is 15.0 Å². The minimum atomic E-state index is 0.666. The van der Waals surface area contributed by atoms with Gasteiger partial charge in [-0.1, -0.05) is 6.07 Å². The van der Waals surface area contributed by atoms with Gasteiger partial charge in [0.05, 0.1) is 10.2 Å². The number of rotatable bonds is 1. The second-order valence-corrected chi connectivity index (χ2v) is 5.39. The van der Waals surface area contributed by atoms with Gasteiger partial charge in [0, 0.05) is 5.69 Å². The average Bonchev–Trinajstić information content (AvgIpc) is 2.82. The van der Waals surface area contributed by atoms with Crippen molar-refractivity contribution < 1.29 is 0 Å². The summed E-state index contributed by atoms with van der Waals surface area (Å²) in [5.41, 5.74) is 11.5. The molecule has 19 heavy (non-hydrogen) atoms. The van der Waals surface area contributed by atoms with E-state index in [-0.39, 0.29) is 0 Å². The quantitative estimate of drug-likeness (QED) is 0.700. The van der Waals surface area contributed by atoms with Gasteiger partial charge in [0.1, 0.15) is 11.0 Å². The fourth-order valence-electron chi connectivity index (χ4n) is 1.93. The van der Waals surface area contributed by atoms with Crippen LogP contribution in [0.5, 0.6) is 0 Å². The molecule has 5 heteroatoms. The van der Waals surface area contributed by atoms with E-state index < -0.39 is 0 Å². The molecule has 0 aliphatic carbocycles. The fourth-order valence-corrected chi connectivity index (χ4v) is 2.34. The van der Waals surface area contributed by atoms with Crippen LogP contribution in [0.3, 0.4) is 0 Å². The lowest BCUT2D eigenvalue weighted by atomic mass is 10.1. The Morgan fingerprint density at radius 2 is 1.84 bits per heavy atom. The highest BCUT2D eigenvalue weighted by atomic mass is 79.9. The lowest BCUT2D eigenvalue weighted by Gasteiger charge is -2.03. The van der Waals surface area contributed by atoms with Crippen LogP contribution in [0.4, 0.5) is 5.69 Å². The molecule has 0 bridgehead atoms. The number of hydrogen-bond donors (Lipinski definition) is 1. The molecule has 0 unspecified atom stereocenters. The Morgan fingerprint density at radius 1 is 1.05 bits per heavy atom. The number of aryl methyl sites for hydroxylation is 2. The van der Waals surface area contributed by atoms with Gasteiger partial charge in [-0.05, 0) is 65.2 Å². The zero-order chi connectivity index (χ0) is 13.6. The summed E-state index contributed by atoms with van der Waals surface area (Å²) in [6, 6.07) is 9.86. The molecule has 0 fully saturated rings. The van der Waals surface area contributed by atoms with E-state index in [2.05, 4.69) is 52.1 Å². The highest BCUT2D eigenvalue weighted by Gasteiger charge is 2.10. The van der Waals surface area contributed by atoms with E-state index in [1.165, 1.54) is 11.1 Å². The topological polar surface area (TPSA) is 56.7 Å². The Balaban J connectivity index is 2.20. The average molecular weight is 317 g/mol. The van der Waals surface area contributed by atoms with E-state index in [1.807, 2.05) is 18.2 Å². The number of halogens is 1. The highest BCUT2D eigenvalue weighted by Crippen LogP contribution is 2.27. The number of anilines is 1. The maximum atomic E-state index is 5.85.